The average Bonchev–Trinajstić information content (AvgIpc) is 2.27. The first-order valence-corrected chi connectivity index (χ1v) is 6.38. The minimum absolute atomic E-state index is 0.511. The van der Waals surface area contributed by atoms with Gasteiger partial charge in [0.25, 0.3) is 0 Å². The molecule has 88 valence electrons. The van der Waals surface area contributed by atoms with E-state index in [1.165, 1.54) is 0 Å². The lowest BCUT2D eigenvalue weighted by molar-refractivity contribution is 0.263. The normalized spacial score (nSPS) is 18.7. The number of anilines is 1. The van der Waals surface area contributed by atoms with Crippen LogP contribution in [0.15, 0.2) is 10.7 Å². The molecule has 0 amide bonds. The number of aromatic nitrogens is 2. The molecule has 2 heterocycles. The number of rotatable bonds is 2. The molecule has 0 bridgehead atoms. The third-order valence-corrected chi connectivity index (χ3v) is 3.75. The predicted molar refractivity (Wildman–Crippen MR) is 68.6 cm³/mol. The second kappa shape index (κ2) is 5.10. The van der Waals surface area contributed by atoms with E-state index in [4.69, 9.17) is 0 Å². The van der Waals surface area contributed by atoms with E-state index < -0.39 is 0 Å². The van der Waals surface area contributed by atoms with Crippen LogP contribution in [0.4, 0.5) is 5.95 Å². The van der Waals surface area contributed by atoms with Crippen LogP contribution in [0.3, 0.4) is 0 Å². The number of hydrogen-bond donors (Lipinski definition) is 1. The Hall–Kier alpha value is -0.680. The quantitative estimate of drug-likeness (QED) is 0.903. The maximum absolute atomic E-state index is 4.40. The highest BCUT2D eigenvalue weighted by Crippen LogP contribution is 2.16. The Morgan fingerprint density at radius 2 is 2.12 bits per heavy atom. The Kier molecular flexibility index (Phi) is 3.76. The lowest BCUT2D eigenvalue weighted by Gasteiger charge is -2.29. The van der Waals surface area contributed by atoms with Crippen LogP contribution in [0.25, 0.3) is 0 Å². The second-order valence-corrected chi connectivity index (χ2v) is 5.20. The number of hydrogen-bond acceptors (Lipinski definition) is 4. The van der Waals surface area contributed by atoms with Gasteiger partial charge >= 0.3 is 0 Å². The first kappa shape index (κ1) is 11.8. The van der Waals surface area contributed by atoms with Crippen molar-refractivity contribution < 1.29 is 0 Å². The van der Waals surface area contributed by atoms with Gasteiger partial charge in [-0.2, -0.15) is 0 Å². The fourth-order valence-corrected chi connectivity index (χ4v) is 2.05. The number of nitrogens with zero attached hydrogens (tertiary/aromatic N) is 3. The van der Waals surface area contributed by atoms with E-state index in [1.54, 1.807) is 6.20 Å². The van der Waals surface area contributed by atoms with E-state index in [0.717, 1.165) is 42.0 Å². The molecule has 0 atom stereocenters. The molecular weight excluding hydrogens is 268 g/mol. The van der Waals surface area contributed by atoms with Gasteiger partial charge in [-0.1, -0.05) is 0 Å². The zero-order valence-corrected chi connectivity index (χ0v) is 11.3. The molecule has 0 radical (unpaired) electrons. The summed E-state index contributed by atoms with van der Waals surface area (Å²) in [5, 5.41) is 3.40. The van der Waals surface area contributed by atoms with Crippen LogP contribution in [-0.2, 0) is 0 Å². The summed E-state index contributed by atoms with van der Waals surface area (Å²) in [6.45, 7) is 4.27. The van der Waals surface area contributed by atoms with Gasteiger partial charge in [0.1, 0.15) is 0 Å². The van der Waals surface area contributed by atoms with Crippen molar-refractivity contribution in [2.75, 3.05) is 25.5 Å². The summed E-state index contributed by atoms with van der Waals surface area (Å²) in [6.07, 6.45) is 4.13. The van der Waals surface area contributed by atoms with E-state index >= 15 is 0 Å². The number of nitrogens with one attached hydrogen (secondary N) is 1. The van der Waals surface area contributed by atoms with E-state index in [0.29, 0.717) is 6.04 Å². The van der Waals surface area contributed by atoms with Gasteiger partial charge in [0.15, 0.2) is 0 Å². The third-order valence-electron chi connectivity index (χ3n) is 2.97. The molecule has 0 saturated carbocycles. The van der Waals surface area contributed by atoms with Crippen molar-refractivity contribution in [3.63, 3.8) is 0 Å². The monoisotopic (exact) mass is 284 g/mol. The van der Waals surface area contributed by atoms with Crippen molar-refractivity contribution in [3.8, 4) is 0 Å². The van der Waals surface area contributed by atoms with Crippen molar-refractivity contribution in [2.45, 2.75) is 25.8 Å². The van der Waals surface area contributed by atoms with Crippen molar-refractivity contribution in [2.24, 2.45) is 0 Å². The fourth-order valence-electron chi connectivity index (χ4n) is 1.86. The number of halogens is 1. The van der Waals surface area contributed by atoms with Gasteiger partial charge in [-0.15, -0.1) is 0 Å². The Morgan fingerprint density at radius 3 is 2.75 bits per heavy atom. The van der Waals surface area contributed by atoms with Crippen LogP contribution < -0.4 is 5.32 Å². The summed E-state index contributed by atoms with van der Waals surface area (Å²) >= 11 is 3.40. The molecule has 1 N–H and O–H groups in total. The fraction of sp³-hybridized carbons (Fsp3) is 0.636. The molecule has 4 nitrogen and oxygen atoms in total. The molecule has 1 fully saturated rings. The highest BCUT2D eigenvalue weighted by Gasteiger charge is 2.17. The number of likely N-dealkylation sites (tertiary alicyclic amines) is 1. The molecule has 1 aliphatic heterocycles. The highest BCUT2D eigenvalue weighted by molar-refractivity contribution is 9.10. The van der Waals surface area contributed by atoms with Crippen LogP contribution >= 0.6 is 15.9 Å². The van der Waals surface area contributed by atoms with E-state index in [1.807, 2.05) is 6.92 Å². The molecule has 2 rings (SSSR count). The Balaban J connectivity index is 1.96. The molecule has 1 aromatic rings. The Morgan fingerprint density at radius 1 is 1.44 bits per heavy atom. The zero-order valence-electron chi connectivity index (χ0n) is 9.70. The lowest BCUT2D eigenvalue weighted by Crippen LogP contribution is -2.37. The lowest BCUT2D eigenvalue weighted by atomic mass is 10.1. The average molecular weight is 285 g/mol. The van der Waals surface area contributed by atoms with Crippen LogP contribution in [0.2, 0.25) is 0 Å². The summed E-state index contributed by atoms with van der Waals surface area (Å²) in [5.41, 5.74) is 0.977. The van der Waals surface area contributed by atoms with Crippen LogP contribution in [0, 0.1) is 6.92 Å². The zero-order chi connectivity index (χ0) is 11.5. The number of aryl methyl sites for hydroxylation is 1. The Bertz CT molecular complexity index is 361. The van der Waals surface area contributed by atoms with Gasteiger partial charge in [0.05, 0.1) is 10.2 Å². The van der Waals surface area contributed by atoms with Crippen LogP contribution in [0.5, 0.6) is 0 Å². The van der Waals surface area contributed by atoms with Gasteiger partial charge < -0.3 is 10.2 Å². The summed E-state index contributed by atoms with van der Waals surface area (Å²) in [5.74, 6) is 0.746. The minimum atomic E-state index is 0.511. The van der Waals surface area contributed by atoms with Crippen molar-refractivity contribution in [1.82, 2.24) is 14.9 Å². The molecular formula is C11H17BrN4. The third kappa shape index (κ3) is 2.92. The van der Waals surface area contributed by atoms with Crippen molar-refractivity contribution in [1.29, 1.82) is 0 Å². The smallest absolute Gasteiger partial charge is 0.223 e. The predicted octanol–water partition coefficient (Wildman–Crippen LogP) is 2.05. The van der Waals surface area contributed by atoms with Crippen molar-refractivity contribution in [3.05, 3.63) is 16.4 Å². The molecule has 1 aliphatic rings. The molecule has 0 spiro atoms. The summed E-state index contributed by atoms with van der Waals surface area (Å²) < 4.78 is 0.960. The van der Waals surface area contributed by atoms with Gasteiger partial charge in [0, 0.05) is 12.2 Å². The van der Waals surface area contributed by atoms with Crippen LogP contribution in [0.1, 0.15) is 18.5 Å². The summed E-state index contributed by atoms with van der Waals surface area (Å²) in [7, 11) is 2.16. The molecule has 5 heteroatoms. The SMILES string of the molecule is Cc1nc(NC2CCN(C)CC2)ncc1Br. The topological polar surface area (TPSA) is 41.1 Å². The van der Waals surface area contributed by atoms with Crippen molar-refractivity contribution >= 4 is 21.9 Å². The maximum atomic E-state index is 4.40. The molecule has 0 unspecified atom stereocenters. The summed E-state index contributed by atoms with van der Waals surface area (Å²) in [6, 6.07) is 0.511. The first-order valence-electron chi connectivity index (χ1n) is 5.59. The number of piperidine rings is 1. The van der Waals surface area contributed by atoms with Gasteiger partial charge in [-0.05, 0) is 55.8 Å². The first-order chi connectivity index (χ1) is 7.65. The van der Waals surface area contributed by atoms with E-state index in [-0.39, 0.29) is 0 Å². The van der Waals surface area contributed by atoms with Gasteiger partial charge in [0.2, 0.25) is 5.95 Å². The molecule has 1 saturated heterocycles. The van der Waals surface area contributed by atoms with Crippen LogP contribution in [-0.4, -0.2) is 41.0 Å². The highest BCUT2D eigenvalue weighted by atomic mass is 79.9. The second-order valence-electron chi connectivity index (χ2n) is 4.35. The summed E-state index contributed by atoms with van der Waals surface area (Å²) in [4.78, 5) is 11.0. The Labute approximate surface area is 105 Å². The van der Waals surface area contributed by atoms with Gasteiger partial charge in [-0.25, -0.2) is 9.97 Å². The molecule has 16 heavy (non-hydrogen) atoms. The largest absolute Gasteiger partial charge is 0.351 e. The standard InChI is InChI=1S/C11H17BrN4/c1-8-10(12)7-13-11(14-8)15-9-3-5-16(2)6-4-9/h7,9H,3-6H2,1-2H3,(H,13,14,15). The molecule has 0 aromatic carbocycles. The van der Waals surface area contributed by atoms with Gasteiger partial charge in [-0.3, -0.25) is 0 Å². The van der Waals surface area contributed by atoms with E-state index in [2.05, 4.69) is 43.2 Å². The molecule has 0 aliphatic carbocycles. The maximum Gasteiger partial charge on any atom is 0.223 e. The minimum Gasteiger partial charge on any atom is -0.351 e. The van der Waals surface area contributed by atoms with E-state index in [9.17, 15) is 0 Å². The molecule has 1 aromatic heterocycles.